The lowest BCUT2D eigenvalue weighted by molar-refractivity contribution is 0.102. The molecule has 25 heavy (non-hydrogen) atoms. The summed E-state index contributed by atoms with van der Waals surface area (Å²) in [6, 6.07) is 9.51. The third-order valence-corrected chi connectivity index (χ3v) is 4.77. The molecule has 2 aromatic carbocycles. The minimum Gasteiger partial charge on any atom is -0.380 e. The summed E-state index contributed by atoms with van der Waals surface area (Å²) in [5, 5.41) is 6.03. The Labute approximate surface area is 158 Å². The summed E-state index contributed by atoms with van der Waals surface area (Å²) in [5.41, 5.74) is 1.06. The zero-order valence-electron chi connectivity index (χ0n) is 13.3. The third kappa shape index (κ3) is 4.71. The molecule has 1 saturated heterocycles. The van der Waals surface area contributed by atoms with Crippen LogP contribution in [0.4, 0.5) is 15.8 Å². The molecule has 2 N–H and O–H groups in total. The van der Waals surface area contributed by atoms with Gasteiger partial charge in [0.2, 0.25) is 0 Å². The lowest BCUT2D eigenvalue weighted by atomic mass is 10.2. The third-order valence-electron chi connectivity index (χ3n) is 3.94. The maximum Gasteiger partial charge on any atom is 0.257 e. The topological polar surface area (TPSA) is 50.4 Å². The highest BCUT2D eigenvalue weighted by molar-refractivity contribution is 9.10. The predicted molar refractivity (Wildman–Crippen MR) is 101 cm³/mol. The Kier molecular flexibility index (Phi) is 5.93. The lowest BCUT2D eigenvalue weighted by Crippen LogP contribution is -2.19. The van der Waals surface area contributed by atoms with Gasteiger partial charge in [0.05, 0.1) is 22.4 Å². The fourth-order valence-electron chi connectivity index (χ4n) is 2.64. The van der Waals surface area contributed by atoms with Crippen LogP contribution in [0.1, 0.15) is 23.2 Å². The second-order valence-electron chi connectivity index (χ2n) is 5.79. The van der Waals surface area contributed by atoms with Gasteiger partial charge in [-0.15, -0.1) is 0 Å². The van der Waals surface area contributed by atoms with Crippen molar-refractivity contribution in [3.8, 4) is 0 Å². The highest BCUT2D eigenvalue weighted by atomic mass is 79.9. The van der Waals surface area contributed by atoms with Gasteiger partial charge in [0, 0.05) is 23.3 Å². The SMILES string of the molecule is O=C(Nc1ccc(NCC2CCCO2)c(F)c1)c1cc(Br)ccc1Cl. The normalized spacial score (nSPS) is 16.7. The van der Waals surface area contributed by atoms with Gasteiger partial charge < -0.3 is 15.4 Å². The first-order chi connectivity index (χ1) is 12.0. The molecule has 4 nitrogen and oxygen atoms in total. The van der Waals surface area contributed by atoms with E-state index in [1.807, 2.05) is 0 Å². The van der Waals surface area contributed by atoms with Crippen LogP contribution in [0.25, 0.3) is 0 Å². The minimum atomic E-state index is -0.434. The van der Waals surface area contributed by atoms with Crippen molar-refractivity contribution in [1.82, 2.24) is 0 Å². The van der Waals surface area contributed by atoms with Gasteiger partial charge in [-0.1, -0.05) is 27.5 Å². The molecule has 0 aliphatic carbocycles. The van der Waals surface area contributed by atoms with Gasteiger partial charge in [-0.25, -0.2) is 4.39 Å². The van der Waals surface area contributed by atoms with Gasteiger partial charge in [-0.05, 0) is 49.2 Å². The highest BCUT2D eigenvalue weighted by Gasteiger charge is 2.16. The lowest BCUT2D eigenvalue weighted by Gasteiger charge is -2.13. The molecule has 132 valence electrons. The van der Waals surface area contributed by atoms with Crippen LogP contribution in [-0.2, 0) is 4.74 Å². The van der Waals surface area contributed by atoms with Crippen molar-refractivity contribution in [3.63, 3.8) is 0 Å². The molecular weight excluding hydrogens is 411 g/mol. The van der Waals surface area contributed by atoms with Gasteiger partial charge >= 0.3 is 0 Å². The van der Waals surface area contributed by atoms with Crippen LogP contribution in [0.2, 0.25) is 5.02 Å². The monoisotopic (exact) mass is 426 g/mol. The molecule has 1 aliphatic heterocycles. The van der Waals surface area contributed by atoms with E-state index in [2.05, 4.69) is 26.6 Å². The molecule has 0 radical (unpaired) electrons. The van der Waals surface area contributed by atoms with E-state index in [0.29, 0.717) is 28.5 Å². The van der Waals surface area contributed by atoms with Crippen LogP contribution < -0.4 is 10.6 Å². The van der Waals surface area contributed by atoms with E-state index in [1.165, 1.54) is 6.07 Å². The summed E-state index contributed by atoms with van der Waals surface area (Å²) in [6.07, 6.45) is 2.14. The van der Waals surface area contributed by atoms with E-state index < -0.39 is 11.7 Å². The number of carbonyl (C=O) groups is 1. The predicted octanol–water partition coefficient (Wildman–Crippen LogP) is 5.08. The molecule has 2 aromatic rings. The van der Waals surface area contributed by atoms with E-state index >= 15 is 0 Å². The largest absolute Gasteiger partial charge is 0.380 e. The molecule has 0 aromatic heterocycles. The molecular formula is C18H17BrClFN2O2. The van der Waals surface area contributed by atoms with Gasteiger partial charge in [-0.3, -0.25) is 4.79 Å². The van der Waals surface area contributed by atoms with Gasteiger partial charge in [-0.2, -0.15) is 0 Å². The van der Waals surface area contributed by atoms with E-state index in [0.717, 1.165) is 23.9 Å². The summed E-state index contributed by atoms with van der Waals surface area (Å²) in [7, 11) is 0. The Morgan fingerprint density at radius 3 is 2.88 bits per heavy atom. The fraction of sp³-hybridized carbons (Fsp3) is 0.278. The maximum atomic E-state index is 14.2. The molecule has 1 heterocycles. The maximum absolute atomic E-state index is 14.2. The standard InChI is InChI=1S/C18H17BrClFN2O2/c19-11-3-5-15(20)14(8-11)18(24)23-12-4-6-17(16(21)9-12)22-10-13-2-1-7-25-13/h3-6,8-9,13,22H,1-2,7,10H2,(H,23,24). The molecule has 1 atom stereocenters. The van der Waals surface area contributed by atoms with E-state index in [1.54, 1.807) is 30.3 Å². The summed E-state index contributed by atoms with van der Waals surface area (Å²) in [4.78, 5) is 12.3. The average Bonchev–Trinajstić information content (AvgIpc) is 3.09. The first-order valence-corrected chi connectivity index (χ1v) is 9.11. The minimum absolute atomic E-state index is 0.123. The molecule has 3 rings (SSSR count). The van der Waals surface area contributed by atoms with Crippen molar-refractivity contribution in [2.45, 2.75) is 18.9 Å². The zero-order valence-corrected chi connectivity index (χ0v) is 15.7. The number of nitrogens with one attached hydrogen (secondary N) is 2. The van der Waals surface area contributed by atoms with Crippen LogP contribution >= 0.6 is 27.5 Å². The fourth-order valence-corrected chi connectivity index (χ4v) is 3.20. The Bertz CT molecular complexity index is 782. The number of rotatable bonds is 5. The molecule has 0 bridgehead atoms. The van der Waals surface area contributed by atoms with Crippen molar-refractivity contribution in [3.05, 3.63) is 57.3 Å². The molecule has 1 unspecified atom stereocenters. The Morgan fingerprint density at radius 1 is 1.32 bits per heavy atom. The molecule has 1 fully saturated rings. The number of amides is 1. The van der Waals surface area contributed by atoms with Crippen LogP contribution in [0, 0.1) is 5.82 Å². The second kappa shape index (κ2) is 8.17. The Balaban J connectivity index is 1.65. The van der Waals surface area contributed by atoms with Crippen molar-refractivity contribution in [2.75, 3.05) is 23.8 Å². The van der Waals surface area contributed by atoms with Crippen LogP contribution in [0.15, 0.2) is 40.9 Å². The number of hydrogen-bond donors (Lipinski definition) is 2. The van der Waals surface area contributed by atoms with Crippen molar-refractivity contribution in [1.29, 1.82) is 0 Å². The zero-order chi connectivity index (χ0) is 17.8. The quantitative estimate of drug-likeness (QED) is 0.699. The number of anilines is 2. The van der Waals surface area contributed by atoms with Gasteiger partial charge in [0.15, 0.2) is 0 Å². The van der Waals surface area contributed by atoms with Crippen molar-refractivity contribution >= 4 is 44.8 Å². The number of benzene rings is 2. The molecule has 1 aliphatic rings. The second-order valence-corrected chi connectivity index (χ2v) is 7.11. The smallest absolute Gasteiger partial charge is 0.257 e. The molecule has 7 heteroatoms. The summed E-state index contributed by atoms with van der Waals surface area (Å²) in [6.45, 7) is 1.33. The van der Waals surface area contributed by atoms with Gasteiger partial charge in [0.25, 0.3) is 5.91 Å². The summed E-state index contributed by atoms with van der Waals surface area (Å²) >= 11 is 9.34. The van der Waals surface area contributed by atoms with E-state index in [4.69, 9.17) is 16.3 Å². The Morgan fingerprint density at radius 2 is 2.16 bits per heavy atom. The van der Waals surface area contributed by atoms with E-state index in [-0.39, 0.29) is 6.10 Å². The van der Waals surface area contributed by atoms with Crippen LogP contribution in [0.5, 0.6) is 0 Å². The van der Waals surface area contributed by atoms with Crippen LogP contribution in [0.3, 0.4) is 0 Å². The first kappa shape index (κ1) is 18.2. The molecule has 1 amide bonds. The average molecular weight is 428 g/mol. The van der Waals surface area contributed by atoms with Crippen LogP contribution in [-0.4, -0.2) is 25.2 Å². The van der Waals surface area contributed by atoms with Crippen molar-refractivity contribution in [2.24, 2.45) is 0 Å². The Hall–Kier alpha value is -1.63. The first-order valence-electron chi connectivity index (χ1n) is 7.94. The molecule has 0 spiro atoms. The summed E-state index contributed by atoms with van der Waals surface area (Å²) < 4.78 is 20.5. The highest BCUT2D eigenvalue weighted by Crippen LogP contribution is 2.24. The van der Waals surface area contributed by atoms with Gasteiger partial charge in [0.1, 0.15) is 5.82 Å². The number of ether oxygens (including phenoxy) is 1. The van der Waals surface area contributed by atoms with E-state index in [9.17, 15) is 9.18 Å². The molecule has 0 saturated carbocycles. The summed E-state index contributed by atoms with van der Waals surface area (Å²) in [5.74, 6) is -0.832. The van der Waals surface area contributed by atoms with Crippen molar-refractivity contribution < 1.29 is 13.9 Å². The number of carbonyl (C=O) groups excluding carboxylic acids is 1. The number of halogens is 3. The number of hydrogen-bond acceptors (Lipinski definition) is 3.